The molecule has 1 aromatic carbocycles. The van der Waals surface area contributed by atoms with Crippen molar-refractivity contribution in [3.63, 3.8) is 0 Å². The van der Waals surface area contributed by atoms with Gasteiger partial charge in [-0.15, -0.1) is 0 Å². The molecule has 0 saturated heterocycles. The molecule has 0 aromatic heterocycles. The number of sulfonamides is 1. The summed E-state index contributed by atoms with van der Waals surface area (Å²) in [7, 11) is -3.66. The average Bonchev–Trinajstić information content (AvgIpc) is 2.26. The fourth-order valence-electron chi connectivity index (χ4n) is 1.21. The molecule has 0 bridgehead atoms. The predicted molar refractivity (Wildman–Crippen MR) is 67.5 cm³/mol. The predicted octanol–water partition coefficient (Wildman–Crippen LogP) is 1.31. The molecular weight excluding hydrogens is 254 g/mol. The molecule has 18 heavy (non-hydrogen) atoms. The number of esters is 1. The summed E-state index contributed by atoms with van der Waals surface area (Å²) >= 11 is 0. The summed E-state index contributed by atoms with van der Waals surface area (Å²) in [6.45, 7) is 4.78. The van der Waals surface area contributed by atoms with Crippen LogP contribution in [0, 0.1) is 0 Å². The third-order valence-electron chi connectivity index (χ3n) is 1.88. The van der Waals surface area contributed by atoms with E-state index in [1.54, 1.807) is 39.0 Å². The zero-order valence-electron chi connectivity index (χ0n) is 10.6. The fourth-order valence-corrected chi connectivity index (χ4v) is 2.20. The van der Waals surface area contributed by atoms with E-state index in [2.05, 4.69) is 4.72 Å². The monoisotopic (exact) mass is 271 g/mol. The van der Waals surface area contributed by atoms with Gasteiger partial charge in [-0.05, 0) is 32.9 Å². The van der Waals surface area contributed by atoms with Crippen molar-refractivity contribution >= 4 is 16.0 Å². The normalized spacial score (nSPS) is 12.2. The molecule has 1 N–H and O–H groups in total. The van der Waals surface area contributed by atoms with Crippen LogP contribution in [0.2, 0.25) is 0 Å². The third-order valence-corrected chi connectivity index (χ3v) is 3.30. The first-order chi connectivity index (χ1) is 8.21. The number of hydrogen-bond donors (Lipinski definition) is 1. The lowest BCUT2D eigenvalue weighted by Gasteiger charge is -2.19. The Morgan fingerprint density at radius 2 is 1.78 bits per heavy atom. The van der Waals surface area contributed by atoms with Gasteiger partial charge in [-0.1, -0.05) is 18.2 Å². The van der Waals surface area contributed by atoms with Crippen molar-refractivity contribution in [2.75, 3.05) is 6.54 Å². The zero-order chi connectivity index (χ0) is 13.8. The molecule has 0 aliphatic heterocycles. The molecule has 5 nitrogen and oxygen atoms in total. The van der Waals surface area contributed by atoms with Gasteiger partial charge in [-0.25, -0.2) is 8.42 Å². The van der Waals surface area contributed by atoms with Crippen LogP contribution in [0.1, 0.15) is 20.8 Å². The van der Waals surface area contributed by atoms with Gasteiger partial charge in [-0.3, -0.25) is 4.79 Å². The summed E-state index contributed by atoms with van der Waals surface area (Å²) < 4.78 is 30.8. The van der Waals surface area contributed by atoms with Gasteiger partial charge in [0.1, 0.15) is 12.1 Å². The van der Waals surface area contributed by atoms with Crippen LogP contribution in [0.3, 0.4) is 0 Å². The van der Waals surface area contributed by atoms with Crippen molar-refractivity contribution in [3.05, 3.63) is 30.3 Å². The second kappa shape index (κ2) is 5.49. The van der Waals surface area contributed by atoms with E-state index in [0.29, 0.717) is 0 Å². The smallest absolute Gasteiger partial charge is 0.321 e. The van der Waals surface area contributed by atoms with E-state index < -0.39 is 21.6 Å². The highest BCUT2D eigenvalue weighted by Gasteiger charge is 2.19. The van der Waals surface area contributed by atoms with Crippen molar-refractivity contribution in [3.8, 4) is 0 Å². The topological polar surface area (TPSA) is 72.5 Å². The molecule has 0 heterocycles. The number of ether oxygens (including phenoxy) is 1. The molecule has 0 atom stereocenters. The fraction of sp³-hybridized carbons (Fsp3) is 0.417. The van der Waals surface area contributed by atoms with Gasteiger partial charge in [-0.2, -0.15) is 4.72 Å². The first-order valence-electron chi connectivity index (χ1n) is 5.47. The summed E-state index contributed by atoms with van der Waals surface area (Å²) in [6.07, 6.45) is 0. The largest absolute Gasteiger partial charge is 0.459 e. The summed E-state index contributed by atoms with van der Waals surface area (Å²) in [4.78, 5) is 11.5. The highest BCUT2D eigenvalue weighted by atomic mass is 32.2. The van der Waals surface area contributed by atoms with E-state index in [0.717, 1.165) is 0 Å². The molecule has 0 saturated carbocycles. The Hall–Kier alpha value is -1.40. The van der Waals surface area contributed by atoms with E-state index in [1.807, 2.05) is 0 Å². The molecule has 0 fully saturated rings. The minimum atomic E-state index is -3.66. The molecule has 1 aromatic rings. The number of benzene rings is 1. The maximum atomic E-state index is 11.8. The van der Waals surface area contributed by atoms with Gasteiger partial charge < -0.3 is 4.74 Å². The van der Waals surface area contributed by atoms with Crippen LogP contribution in [0.5, 0.6) is 0 Å². The molecule has 6 heteroatoms. The first-order valence-corrected chi connectivity index (χ1v) is 6.95. The Morgan fingerprint density at radius 3 is 2.28 bits per heavy atom. The Morgan fingerprint density at radius 1 is 1.22 bits per heavy atom. The van der Waals surface area contributed by atoms with Crippen LogP contribution in [0.15, 0.2) is 35.2 Å². The molecular formula is C12H17NO4S. The summed E-state index contributed by atoms with van der Waals surface area (Å²) in [5, 5.41) is 0. The highest BCUT2D eigenvalue weighted by Crippen LogP contribution is 2.08. The number of nitrogens with one attached hydrogen (secondary N) is 1. The van der Waals surface area contributed by atoms with Crippen molar-refractivity contribution < 1.29 is 17.9 Å². The lowest BCUT2D eigenvalue weighted by atomic mass is 10.2. The Bertz CT molecular complexity index is 503. The number of rotatable bonds is 4. The van der Waals surface area contributed by atoms with E-state index in [4.69, 9.17) is 4.74 Å². The summed E-state index contributed by atoms with van der Waals surface area (Å²) in [6, 6.07) is 7.85. The van der Waals surface area contributed by atoms with E-state index in [1.165, 1.54) is 12.1 Å². The minimum absolute atomic E-state index is 0.119. The maximum Gasteiger partial charge on any atom is 0.321 e. The van der Waals surface area contributed by atoms with Gasteiger partial charge in [0.25, 0.3) is 0 Å². The van der Waals surface area contributed by atoms with Crippen molar-refractivity contribution in [2.24, 2.45) is 0 Å². The Kier molecular flexibility index (Phi) is 4.48. The molecule has 0 spiro atoms. The molecule has 0 aliphatic carbocycles. The minimum Gasteiger partial charge on any atom is -0.459 e. The maximum absolute atomic E-state index is 11.8. The van der Waals surface area contributed by atoms with Gasteiger partial charge in [0.15, 0.2) is 0 Å². The highest BCUT2D eigenvalue weighted by molar-refractivity contribution is 7.89. The average molecular weight is 271 g/mol. The van der Waals surface area contributed by atoms with Crippen LogP contribution in [-0.4, -0.2) is 26.5 Å². The first kappa shape index (κ1) is 14.7. The summed E-state index contributed by atoms with van der Waals surface area (Å²) in [5.41, 5.74) is -0.630. The second-order valence-electron chi connectivity index (χ2n) is 4.72. The van der Waals surface area contributed by atoms with Crippen molar-refractivity contribution in [1.82, 2.24) is 4.72 Å². The van der Waals surface area contributed by atoms with E-state index in [9.17, 15) is 13.2 Å². The lowest BCUT2D eigenvalue weighted by Crippen LogP contribution is -2.34. The molecule has 1 rings (SSSR count). The molecule has 100 valence electrons. The van der Waals surface area contributed by atoms with Gasteiger partial charge in [0, 0.05) is 0 Å². The molecule has 0 radical (unpaired) electrons. The van der Waals surface area contributed by atoms with E-state index in [-0.39, 0.29) is 11.4 Å². The summed E-state index contributed by atoms with van der Waals surface area (Å²) in [5.74, 6) is -0.609. The Balaban J connectivity index is 2.61. The molecule has 0 unspecified atom stereocenters. The second-order valence-corrected chi connectivity index (χ2v) is 6.49. The number of carbonyl (C=O) groups is 1. The molecule has 0 aliphatic rings. The van der Waals surface area contributed by atoms with Crippen molar-refractivity contribution in [1.29, 1.82) is 0 Å². The lowest BCUT2D eigenvalue weighted by molar-refractivity contribution is -0.153. The van der Waals surface area contributed by atoms with E-state index >= 15 is 0 Å². The van der Waals surface area contributed by atoms with Gasteiger partial charge >= 0.3 is 5.97 Å². The standard InChI is InChI=1S/C12H17NO4S/c1-12(2,3)17-11(14)9-13-18(15,16)10-7-5-4-6-8-10/h4-8,13H,9H2,1-3H3. The van der Waals surface area contributed by atoms with Crippen LogP contribution in [0.4, 0.5) is 0 Å². The zero-order valence-corrected chi connectivity index (χ0v) is 11.5. The van der Waals surface area contributed by atoms with Crippen LogP contribution in [-0.2, 0) is 19.6 Å². The van der Waals surface area contributed by atoms with Crippen molar-refractivity contribution in [2.45, 2.75) is 31.3 Å². The van der Waals surface area contributed by atoms with Crippen LogP contribution in [0.25, 0.3) is 0 Å². The number of hydrogen-bond acceptors (Lipinski definition) is 4. The van der Waals surface area contributed by atoms with Gasteiger partial charge in [0.05, 0.1) is 4.90 Å². The van der Waals surface area contributed by atoms with Crippen LogP contribution < -0.4 is 4.72 Å². The Labute approximate surface area is 107 Å². The molecule has 0 amide bonds. The SMILES string of the molecule is CC(C)(C)OC(=O)CNS(=O)(=O)c1ccccc1. The third kappa shape index (κ3) is 4.85. The quantitative estimate of drug-likeness (QED) is 0.838. The van der Waals surface area contributed by atoms with Gasteiger partial charge in [0.2, 0.25) is 10.0 Å². The van der Waals surface area contributed by atoms with Crippen LogP contribution >= 0.6 is 0 Å². The number of carbonyl (C=O) groups excluding carboxylic acids is 1.